The Morgan fingerprint density at radius 2 is 2.18 bits per heavy atom. The number of aromatic nitrogens is 3. The molecule has 0 aliphatic heterocycles. The normalized spacial score (nSPS) is 10.6. The fraction of sp³-hybridized carbons (Fsp3) is 0.462. The van der Waals surface area contributed by atoms with Crippen LogP contribution in [0.15, 0.2) is 18.3 Å². The first-order valence-electron chi connectivity index (χ1n) is 6.09. The Labute approximate surface area is 101 Å². The fourth-order valence-corrected chi connectivity index (χ4v) is 1.89. The second-order valence-corrected chi connectivity index (χ2v) is 4.18. The maximum atomic E-state index is 8.80. The van der Waals surface area contributed by atoms with Gasteiger partial charge in [0, 0.05) is 18.7 Å². The molecule has 88 valence electrons. The van der Waals surface area contributed by atoms with E-state index in [1.54, 1.807) is 12.1 Å². The molecule has 17 heavy (non-hydrogen) atoms. The molecule has 2 rings (SSSR count). The molecule has 2 heterocycles. The molecule has 0 atom stereocenters. The molecule has 0 aliphatic rings. The third-order valence-electron chi connectivity index (χ3n) is 2.86. The standard InChI is InChI=1S/C13H16N4/c1-2-3-4-5-6-12-15-16-13-9-11(10-14)7-8-17(12)13/h7-9H,2-6H2,1H3. The van der Waals surface area contributed by atoms with Crippen molar-refractivity contribution in [3.63, 3.8) is 0 Å². The van der Waals surface area contributed by atoms with E-state index in [-0.39, 0.29) is 0 Å². The number of unbranched alkanes of at least 4 members (excludes halogenated alkanes) is 3. The van der Waals surface area contributed by atoms with Gasteiger partial charge in [0.1, 0.15) is 5.82 Å². The van der Waals surface area contributed by atoms with Gasteiger partial charge in [-0.05, 0) is 12.5 Å². The van der Waals surface area contributed by atoms with Crippen molar-refractivity contribution in [3.05, 3.63) is 29.7 Å². The van der Waals surface area contributed by atoms with Crippen LogP contribution in [-0.2, 0) is 6.42 Å². The SMILES string of the molecule is CCCCCCc1nnc2cc(C#N)ccn12. The molecule has 0 aliphatic carbocycles. The molecule has 0 bridgehead atoms. The smallest absolute Gasteiger partial charge is 0.162 e. The first-order chi connectivity index (χ1) is 8.35. The summed E-state index contributed by atoms with van der Waals surface area (Å²) in [4.78, 5) is 0. The zero-order valence-electron chi connectivity index (χ0n) is 10.1. The van der Waals surface area contributed by atoms with Gasteiger partial charge in [0.25, 0.3) is 0 Å². The molecular formula is C13H16N4. The van der Waals surface area contributed by atoms with Crippen LogP contribution in [0.4, 0.5) is 0 Å². The van der Waals surface area contributed by atoms with Gasteiger partial charge in [0.15, 0.2) is 5.65 Å². The number of hydrogen-bond donors (Lipinski definition) is 0. The summed E-state index contributed by atoms with van der Waals surface area (Å²) in [7, 11) is 0. The van der Waals surface area contributed by atoms with Crippen molar-refractivity contribution in [2.75, 3.05) is 0 Å². The van der Waals surface area contributed by atoms with Crippen molar-refractivity contribution in [1.82, 2.24) is 14.6 Å². The van der Waals surface area contributed by atoms with Gasteiger partial charge in [-0.3, -0.25) is 4.40 Å². The summed E-state index contributed by atoms with van der Waals surface area (Å²) in [5, 5.41) is 17.1. The van der Waals surface area contributed by atoms with Crippen molar-refractivity contribution in [2.45, 2.75) is 39.0 Å². The van der Waals surface area contributed by atoms with Gasteiger partial charge in [-0.1, -0.05) is 26.2 Å². The number of aryl methyl sites for hydroxylation is 1. The quantitative estimate of drug-likeness (QED) is 0.739. The molecule has 4 nitrogen and oxygen atoms in total. The van der Waals surface area contributed by atoms with Gasteiger partial charge in [-0.25, -0.2) is 0 Å². The van der Waals surface area contributed by atoms with Gasteiger partial charge >= 0.3 is 0 Å². The average Bonchev–Trinajstić information content (AvgIpc) is 2.77. The molecule has 0 amide bonds. The van der Waals surface area contributed by atoms with E-state index < -0.39 is 0 Å². The minimum atomic E-state index is 0.627. The zero-order chi connectivity index (χ0) is 12.1. The molecule has 0 aromatic carbocycles. The largest absolute Gasteiger partial charge is 0.286 e. The highest BCUT2D eigenvalue weighted by Gasteiger charge is 2.05. The van der Waals surface area contributed by atoms with Crippen LogP contribution in [0.25, 0.3) is 5.65 Å². The molecule has 0 spiro atoms. The minimum Gasteiger partial charge on any atom is -0.286 e. The van der Waals surface area contributed by atoms with E-state index in [0.29, 0.717) is 5.56 Å². The molecule has 0 radical (unpaired) electrons. The Hall–Kier alpha value is -1.89. The topological polar surface area (TPSA) is 54.0 Å². The number of nitrogens with zero attached hydrogens (tertiary/aromatic N) is 4. The number of nitriles is 1. The van der Waals surface area contributed by atoms with Gasteiger partial charge in [-0.2, -0.15) is 5.26 Å². The monoisotopic (exact) mass is 228 g/mol. The highest BCUT2D eigenvalue weighted by Crippen LogP contribution is 2.10. The summed E-state index contributed by atoms with van der Waals surface area (Å²) in [5.41, 5.74) is 1.39. The van der Waals surface area contributed by atoms with Crippen molar-refractivity contribution < 1.29 is 0 Å². The van der Waals surface area contributed by atoms with Crippen LogP contribution < -0.4 is 0 Å². The van der Waals surface area contributed by atoms with E-state index in [9.17, 15) is 0 Å². The zero-order valence-corrected chi connectivity index (χ0v) is 10.1. The number of hydrogen-bond acceptors (Lipinski definition) is 3. The molecule has 2 aromatic heterocycles. The summed E-state index contributed by atoms with van der Waals surface area (Å²) in [6.07, 6.45) is 7.73. The molecule has 0 saturated carbocycles. The molecule has 2 aromatic rings. The van der Waals surface area contributed by atoms with E-state index >= 15 is 0 Å². The van der Waals surface area contributed by atoms with Crippen molar-refractivity contribution in [2.24, 2.45) is 0 Å². The highest BCUT2D eigenvalue weighted by molar-refractivity contribution is 5.45. The Morgan fingerprint density at radius 3 is 2.94 bits per heavy atom. The molecule has 4 heteroatoms. The van der Waals surface area contributed by atoms with Crippen LogP contribution in [-0.4, -0.2) is 14.6 Å². The Morgan fingerprint density at radius 1 is 1.29 bits per heavy atom. The van der Waals surface area contributed by atoms with Crippen LogP contribution in [0.5, 0.6) is 0 Å². The number of pyridine rings is 1. The molecule has 0 saturated heterocycles. The summed E-state index contributed by atoms with van der Waals surface area (Å²) < 4.78 is 1.97. The van der Waals surface area contributed by atoms with Gasteiger partial charge < -0.3 is 0 Å². The second-order valence-electron chi connectivity index (χ2n) is 4.18. The van der Waals surface area contributed by atoms with Crippen molar-refractivity contribution in [3.8, 4) is 6.07 Å². The third kappa shape index (κ3) is 2.62. The Kier molecular flexibility index (Phi) is 3.71. The van der Waals surface area contributed by atoms with E-state index in [0.717, 1.165) is 24.3 Å². The van der Waals surface area contributed by atoms with Gasteiger partial charge in [0.2, 0.25) is 0 Å². The second kappa shape index (κ2) is 5.44. The lowest BCUT2D eigenvalue weighted by atomic mass is 10.1. The summed E-state index contributed by atoms with van der Waals surface area (Å²) >= 11 is 0. The highest BCUT2D eigenvalue weighted by atomic mass is 15.2. The van der Waals surface area contributed by atoms with Crippen molar-refractivity contribution >= 4 is 5.65 Å². The van der Waals surface area contributed by atoms with Gasteiger partial charge in [-0.15, -0.1) is 10.2 Å². The average molecular weight is 228 g/mol. The maximum Gasteiger partial charge on any atom is 0.162 e. The molecular weight excluding hydrogens is 212 g/mol. The molecule has 0 N–H and O–H groups in total. The van der Waals surface area contributed by atoms with Crippen molar-refractivity contribution in [1.29, 1.82) is 5.26 Å². The maximum absolute atomic E-state index is 8.80. The van der Waals surface area contributed by atoms with Crippen LogP contribution in [0.2, 0.25) is 0 Å². The van der Waals surface area contributed by atoms with E-state index in [1.165, 1.54) is 19.3 Å². The minimum absolute atomic E-state index is 0.627. The summed E-state index contributed by atoms with van der Waals surface area (Å²) in [6.45, 7) is 2.20. The van der Waals surface area contributed by atoms with E-state index in [4.69, 9.17) is 5.26 Å². The fourth-order valence-electron chi connectivity index (χ4n) is 1.89. The first kappa shape index (κ1) is 11.6. The third-order valence-corrected chi connectivity index (χ3v) is 2.86. The number of rotatable bonds is 5. The van der Waals surface area contributed by atoms with Crippen LogP contribution in [0, 0.1) is 11.3 Å². The summed E-state index contributed by atoms with van der Waals surface area (Å²) in [5.74, 6) is 0.987. The van der Waals surface area contributed by atoms with E-state index in [1.807, 2.05) is 10.6 Å². The Bertz CT molecular complexity index is 536. The van der Waals surface area contributed by atoms with Crippen LogP contribution >= 0.6 is 0 Å². The molecule has 0 unspecified atom stereocenters. The Balaban J connectivity index is 2.11. The first-order valence-corrected chi connectivity index (χ1v) is 6.09. The predicted octanol–water partition coefficient (Wildman–Crippen LogP) is 2.72. The van der Waals surface area contributed by atoms with Crippen LogP contribution in [0.3, 0.4) is 0 Å². The lowest BCUT2D eigenvalue weighted by molar-refractivity contribution is 0.649. The predicted molar refractivity (Wildman–Crippen MR) is 65.5 cm³/mol. The molecule has 0 fully saturated rings. The lowest BCUT2D eigenvalue weighted by Gasteiger charge is -1.99. The van der Waals surface area contributed by atoms with Crippen LogP contribution in [0.1, 0.15) is 44.0 Å². The lowest BCUT2D eigenvalue weighted by Crippen LogP contribution is -1.95. The van der Waals surface area contributed by atoms with E-state index in [2.05, 4.69) is 23.2 Å². The van der Waals surface area contributed by atoms with Gasteiger partial charge in [0.05, 0.1) is 11.6 Å². The summed E-state index contributed by atoms with van der Waals surface area (Å²) in [6, 6.07) is 5.67. The number of fused-ring (bicyclic) bond motifs is 1.